The second-order valence-electron chi connectivity index (χ2n) is 5.22. The number of nitrogens with one attached hydrogen (secondary N) is 3. The molecular formula is C14H11F3N6O3S. The van der Waals surface area contributed by atoms with E-state index in [1.54, 1.807) is 12.0 Å². The summed E-state index contributed by atoms with van der Waals surface area (Å²) in [6.45, 7) is 1.64. The average molecular weight is 400 g/mol. The van der Waals surface area contributed by atoms with Gasteiger partial charge in [-0.1, -0.05) is 0 Å². The van der Waals surface area contributed by atoms with Crippen LogP contribution in [0.2, 0.25) is 0 Å². The van der Waals surface area contributed by atoms with Crippen molar-refractivity contribution in [2.45, 2.75) is 19.5 Å². The number of aromatic amines is 1. The normalized spacial score (nSPS) is 11.4. The number of amides is 2. The molecule has 0 radical (unpaired) electrons. The number of aromatic nitrogens is 4. The molecule has 0 bridgehead atoms. The van der Waals surface area contributed by atoms with Gasteiger partial charge in [0.1, 0.15) is 5.76 Å². The van der Waals surface area contributed by atoms with Crippen molar-refractivity contribution in [2.75, 3.05) is 10.6 Å². The number of thiazole rings is 1. The van der Waals surface area contributed by atoms with E-state index in [0.29, 0.717) is 17.0 Å². The molecule has 0 saturated heterocycles. The van der Waals surface area contributed by atoms with E-state index >= 15 is 0 Å². The number of halogens is 3. The molecule has 0 aromatic carbocycles. The molecular weight excluding hydrogens is 389 g/mol. The van der Waals surface area contributed by atoms with Gasteiger partial charge in [0.2, 0.25) is 17.7 Å². The van der Waals surface area contributed by atoms with Crippen LogP contribution < -0.4 is 10.6 Å². The quantitative estimate of drug-likeness (QED) is 0.604. The zero-order valence-electron chi connectivity index (χ0n) is 13.5. The minimum atomic E-state index is -4.69. The third kappa shape index (κ3) is 4.49. The van der Waals surface area contributed by atoms with Crippen molar-refractivity contribution in [3.05, 3.63) is 40.6 Å². The van der Waals surface area contributed by atoms with Gasteiger partial charge in [0, 0.05) is 5.38 Å². The van der Waals surface area contributed by atoms with Crippen LogP contribution in [0.25, 0.3) is 0 Å². The highest BCUT2D eigenvalue weighted by Crippen LogP contribution is 2.26. The van der Waals surface area contributed by atoms with E-state index in [0.717, 1.165) is 11.3 Å². The SMILES string of the molecule is Cc1occc1C(=O)Nc1nc(CC(=O)Nc2n[nH]c(C(F)(F)F)n2)cs1. The molecule has 0 aliphatic carbocycles. The van der Waals surface area contributed by atoms with Crippen molar-refractivity contribution in [3.63, 3.8) is 0 Å². The maximum absolute atomic E-state index is 12.4. The summed E-state index contributed by atoms with van der Waals surface area (Å²) in [7, 11) is 0. The van der Waals surface area contributed by atoms with Crippen LogP contribution in [0.1, 0.15) is 27.6 Å². The van der Waals surface area contributed by atoms with Crippen molar-refractivity contribution < 1.29 is 27.2 Å². The number of rotatable bonds is 5. The molecule has 0 fully saturated rings. The Hall–Kier alpha value is -3.22. The highest BCUT2D eigenvalue weighted by molar-refractivity contribution is 7.14. The Kier molecular flexibility index (Phi) is 4.94. The van der Waals surface area contributed by atoms with Gasteiger partial charge in [-0.3, -0.25) is 25.3 Å². The molecule has 27 heavy (non-hydrogen) atoms. The van der Waals surface area contributed by atoms with Crippen LogP contribution in [-0.2, 0) is 17.4 Å². The van der Waals surface area contributed by atoms with Crippen molar-refractivity contribution in [3.8, 4) is 0 Å². The van der Waals surface area contributed by atoms with Crippen molar-refractivity contribution in [1.82, 2.24) is 20.2 Å². The fourth-order valence-electron chi connectivity index (χ4n) is 2.01. The molecule has 9 nitrogen and oxygen atoms in total. The smallest absolute Gasteiger partial charge is 0.451 e. The standard InChI is InChI=1S/C14H11F3N6O3S/c1-6-8(2-3-26-6)10(25)20-13-18-7(5-27-13)4-9(24)19-12-21-11(22-23-12)14(15,16)17/h2-3,5H,4H2,1H3,(H,18,20,25)(H2,19,21,22,23,24). The van der Waals surface area contributed by atoms with E-state index < -0.39 is 29.8 Å². The van der Waals surface area contributed by atoms with Crippen molar-refractivity contribution in [1.29, 1.82) is 0 Å². The first-order valence-corrected chi connectivity index (χ1v) is 8.19. The first-order chi connectivity index (χ1) is 12.7. The topological polar surface area (TPSA) is 126 Å². The molecule has 0 saturated carbocycles. The molecule has 3 heterocycles. The Bertz CT molecular complexity index is 977. The average Bonchev–Trinajstić information content (AvgIpc) is 3.28. The number of aryl methyl sites for hydroxylation is 1. The second-order valence-corrected chi connectivity index (χ2v) is 6.08. The fourth-order valence-corrected chi connectivity index (χ4v) is 2.71. The molecule has 0 unspecified atom stereocenters. The third-order valence-electron chi connectivity index (χ3n) is 3.22. The molecule has 0 aliphatic rings. The summed E-state index contributed by atoms with van der Waals surface area (Å²) in [5, 5.41) is 11.5. The van der Waals surface area contributed by atoms with Crippen LogP contribution in [0, 0.1) is 6.92 Å². The first-order valence-electron chi connectivity index (χ1n) is 7.31. The van der Waals surface area contributed by atoms with Crippen LogP contribution in [0.15, 0.2) is 22.1 Å². The lowest BCUT2D eigenvalue weighted by Gasteiger charge is -2.00. The van der Waals surface area contributed by atoms with E-state index in [2.05, 4.69) is 25.7 Å². The predicted molar refractivity (Wildman–Crippen MR) is 87.2 cm³/mol. The number of hydrogen-bond donors (Lipinski definition) is 3. The Morgan fingerprint density at radius 1 is 1.30 bits per heavy atom. The Balaban J connectivity index is 1.57. The minimum absolute atomic E-state index is 0.229. The third-order valence-corrected chi connectivity index (χ3v) is 4.03. The van der Waals surface area contributed by atoms with Gasteiger partial charge in [0.25, 0.3) is 5.91 Å². The van der Waals surface area contributed by atoms with Gasteiger partial charge in [0.05, 0.1) is 23.9 Å². The predicted octanol–water partition coefficient (Wildman–Crippen LogP) is 2.61. The van der Waals surface area contributed by atoms with Gasteiger partial charge in [-0.2, -0.15) is 18.2 Å². The molecule has 3 aromatic rings. The molecule has 0 spiro atoms. The second kappa shape index (κ2) is 7.19. The van der Waals surface area contributed by atoms with E-state index in [9.17, 15) is 22.8 Å². The lowest BCUT2D eigenvalue weighted by Crippen LogP contribution is -2.16. The number of H-pyrrole nitrogens is 1. The van der Waals surface area contributed by atoms with Gasteiger partial charge in [0.15, 0.2) is 5.13 Å². The van der Waals surface area contributed by atoms with E-state index in [4.69, 9.17) is 4.42 Å². The summed E-state index contributed by atoms with van der Waals surface area (Å²) >= 11 is 1.10. The van der Waals surface area contributed by atoms with Gasteiger partial charge in [-0.25, -0.2) is 4.98 Å². The molecule has 0 atom stereocenters. The molecule has 3 rings (SSSR count). The van der Waals surface area contributed by atoms with Crippen LogP contribution in [-0.4, -0.2) is 32.0 Å². The maximum Gasteiger partial charge on any atom is 0.451 e. The van der Waals surface area contributed by atoms with E-state index in [1.165, 1.54) is 17.7 Å². The Labute approximate surface area is 153 Å². The van der Waals surface area contributed by atoms with Gasteiger partial charge >= 0.3 is 6.18 Å². The number of nitrogens with zero attached hydrogens (tertiary/aromatic N) is 3. The summed E-state index contributed by atoms with van der Waals surface area (Å²) in [5.74, 6) is -2.42. The summed E-state index contributed by atoms with van der Waals surface area (Å²) in [6.07, 6.45) is -3.53. The summed E-state index contributed by atoms with van der Waals surface area (Å²) in [5.41, 5.74) is 0.679. The lowest BCUT2D eigenvalue weighted by molar-refractivity contribution is -0.144. The molecule has 2 amide bonds. The number of alkyl halides is 3. The zero-order chi connectivity index (χ0) is 19.6. The highest BCUT2D eigenvalue weighted by Gasteiger charge is 2.35. The number of anilines is 2. The summed E-state index contributed by atoms with van der Waals surface area (Å²) in [6, 6.07) is 1.51. The van der Waals surface area contributed by atoms with Crippen molar-refractivity contribution >= 4 is 34.2 Å². The largest absolute Gasteiger partial charge is 0.469 e. The highest BCUT2D eigenvalue weighted by atomic mass is 32.1. The maximum atomic E-state index is 12.4. The Morgan fingerprint density at radius 3 is 2.70 bits per heavy atom. The van der Waals surface area contributed by atoms with E-state index in [1.807, 2.05) is 0 Å². The number of hydrogen-bond acceptors (Lipinski definition) is 7. The molecule has 3 N–H and O–H groups in total. The van der Waals surface area contributed by atoms with Gasteiger partial charge in [-0.15, -0.1) is 16.4 Å². The molecule has 3 aromatic heterocycles. The van der Waals surface area contributed by atoms with E-state index in [-0.39, 0.29) is 11.6 Å². The minimum Gasteiger partial charge on any atom is -0.469 e. The van der Waals surface area contributed by atoms with Crippen molar-refractivity contribution in [2.24, 2.45) is 0 Å². The van der Waals surface area contributed by atoms with Crippen LogP contribution in [0.4, 0.5) is 24.3 Å². The number of carbonyl (C=O) groups excluding carboxylic acids is 2. The van der Waals surface area contributed by atoms with Crippen LogP contribution in [0.5, 0.6) is 0 Å². The summed E-state index contributed by atoms with van der Waals surface area (Å²) < 4.78 is 42.3. The van der Waals surface area contributed by atoms with Crippen LogP contribution in [0.3, 0.4) is 0 Å². The fraction of sp³-hybridized carbons (Fsp3) is 0.214. The van der Waals surface area contributed by atoms with Gasteiger partial charge in [-0.05, 0) is 13.0 Å². The molecule has 142 valence electrons. The summed E-state index contributed by atoms with van der Waals surface area (Å²) in [4.78, 5) is 31.2. The van der Waals surface area contributed by atoms with Crippen LogP contribution >= 0.6 is 11.3 Å². The number of carbonyl (C=O) groups is 2. The van der Waals surface area contributed by atoms with Gasteiger partial charge < -0.3 is 4.42 Å². The Morgan fingerprint density at radius 2 is 2.07 bits per heavy atom. The lowest BCUT2D eigenvalue weighted by atomic mass is 10.2. The number of furan rings is 1. The zero-order valence-corrected chi connectivity index (χ0v) is 14.4. The molecule has 13 heteroatoms. The monoisotopic (exact) mass is 400 g/mol. The first kappa shape index (κ1) is 18.6. The molecule has 0 aliphatic heterocycles.